The minimum atomic E-state index is -1.58. The van der Waals surface area contributed by atoms with Gasteiger partial charge in [0, 0.05) is 6.61 Å². The maximum absolute atomic E-state index is 6.55. The molecule has 0 unspecified atom stereocenters. The molecule has 0 saturated heterocycles. The summed E-state index contributed by atoms with van der Waals surface area (Å²) in [5.41, 5.74) is 5.51. The fourth-order valence-corrected chi connectivity index (χ4v) is 5.40. The van der Waals surface area contributed by atoms with Gasteiger partial charge >= 0.3 is 0 Å². The topological polar surface area (TPSA) is 44.5 Å². The molecule has 0 aliphatic heterocycles. The second kappa shape index (κ2) is 8.24. The van der Waals surface area contributed by atoms with Crippen LogP contribution in [0.1, 0.15) is 41.0 Å². The van der Waals surface area contributed by atoms with E-state index in [1.165, 1.54) is 18.1 Å². The van der Waals surface area contributed by atoms with Gasteiger partial charge in [0.15, 0.2) is 8.32 Å². The monoisotopic (exact) mass is 261 g/mol. The molecule has 0 saturated carbocycles. The van der Waals surface area contributed by atoms with Crippen LogP contribution in [0.15, 0.2) is 0 Å². The van der Waals surface area contributed by atoms with E-state index in [-0.39, 0.29) is 5.60 Å². The second-order valence-electron chi connectivity index (χ2n) is 4.97. The highest BCUT2D eigenvalue weighted by Crippen LogP contribution is 2.29. The normalized spacial score (nSPS) is 15.9. The Morgan fingerprint density at radius 2 is 1.59 bits per heavy atom. The van der Waals surface area contributed by atoms with Crippen LogP contribution in [0.2, 0.25) is 18.1 Å². The van der Waals surface area contributed by atoms with Gasteiger partial charge in [-0.3, -0.25) is 0 Å². The van der Waals surface area contributed by atoms with Crippen LogP contribution in [-0.2, 0) is 9.16 Å². The molecule has 0 aromatic heterocycles. The molecule has 0 bridgehead atoms. The van der Waals surface area contributed by atoms with E-state index in [0.717, 1.165) is 13.0 Å². The van der Waals surface area contributed by atoms with Gasteiger partial charge in [0.2, 0.25) is 0 Å². The van der Waals surface area contributed by atoms with E-state index in [4.69, 9.17) is 14.9 Å². The van der Waals surface area contributed by atoms with Gasteiger partial charge < -0.3 is 14.9 Å². The maximum atomic E-state index is 6.55. The van der Waals surface area contributed by atoms with Gasteiger partial charge in [-0.05, 0) is 44.9 Å². The minimum Gasteiger partial charge on any atom is -0.409 e. The van der Waals surface area contributed by atoms with Crippen LogP contribution in [0.5, 0.6) is 0 Å². The molecule has 3 nitrogen and oxygen atoms in total. The average Bonchev–Trinajstić information content (AvgIpc) is 2.34. The number of rotatable bonds is 10. The summed E-state index contributed by atoms with van der Waals surface area (Å²) in [7, 11) is -1.58. The third-order valence-corrected chi connectivity index (χ3v) is 8.47. The first-order valence-electron chi connectivity index (χ1n) is 6.99. The first-order chi connectivity index (χ1) is 8.01. The van der Waals surface area contributed by atoms with Crippen molar-refractivity contribution in [2.45, 2.75) is 64.8 Å². The Morgan fingerprint density at radius 3 is 1.94 bits per heavy atom. The highest BCUT2D eigenvalue weighted by Gasteiger charge is 2.37. The first-order valence-corrected chi connectivity index (χ1v) is 9.52. The van der Waals surface area contributed by atoms with Gasteiger partial charge in [-0.2, -0.15) is 0 Å². The van der Waals surface area contributed by atoms with Gasteiger partial charge in [-0.25, -0.2) is 0 Å². The van der Waals surface area contributed by atoms with E-state index in [0.29, 0.717) is 13.2 Å². The molecule has 17 heavy (non-hydrogen) atoms. The molecule has 0 radical (unpaired) electrons. The van der Waals surface area contributed by atoms with Gasteiger partial charge in [-0.15, -0.1) is 0 Å². The number of ether oxygens (including phenoxy) is 1. The molecule has 2 N–H and O–H groups in total. The van der Waals surface area contributed by atoms with Crippen LogP contribution in [0.4, 0.5) is 0 Å². The highest BCUT2D eigenvalue weighted by molar-refractivity contribution is 6.73. The third-order valence-electron chi connectivity index (χ3n) is 3.68. The van der Waals surface area contributed by atoms with E-state index in [1.54, 1.807) is 0 Å². The highest BCUT2D eigenvalue weighted by atomic mass is 28.4. The molecular formula is C13H31NO2Si. The quantitative estimate of drug-likeness (QED) is 0.614. The Labute approximate surface area is 108 Å². The molecule has 4 heteroatoms. The smallest absolute Gasteiger partial charge is 0.192 e. The van der Waals surface area contributed by atoms with Gasteiger partial charge in [0.25, 0.3) is 0 Å². The zero-order valence-electron chi connectivity index (χ0n) is 12.3. The summed E-state index contributed by atoms with van der Waals surface area (Å²) in [6.45, 7) is 13.0. The molecule has 0 fully saturated rings. The van der Waals surface area contributed by atoms with E-state index >= 15 is 0 Å². The predicted molar refractivity (Wildman–Crippen MR) is 76.9 cm³/mol. The van der Waals surface area contributed by atoms with Crippen molar-refractivity contribution in [2.24, 2.45) is 5.73 Å². The lowest BCUT2D eigenvalue weighted by molar-refractivity contribution is -0.0229. The van der Waals surface area contributed by atoms with Gasteiger partial charge in [0.1, 0.15) is 0 Å². The summed E-state index contributed by atoms with van der Waals surface area (Å²) in [5.74, 6) is 0. The molecule has 0 aliphatic carbocycles. The van der Waals surface area contributed by atoms with Crippen molar-refractivity contribution < 1.29 is 9.16 Å². The first kappa shape index (κ1) is 17.1. The molecule has 0 rings (SSSR count). The summed E-state index contributed by atoms with van der Waals surface area (Å²) in [6.07, 6.45) is 0.877. The SMILES string of the molecule is CCOC[C@@](C)(CCN)O[Si](CC)(CC)CC. The van der Waals surface area contributed by atoms with Gasteiger partial charge in [-0.1, -0.05) is 20.8 Å². The van der Waals surface area contributed by atoms with Crippen LogP contribution in [0.3, 0.4) is 0 Å². The summed E-state index contributed by atoms with van der Waals surface area (Å²) in [6, 6.07) is 3.52. The summed E-state index contributed by atoms with van der Waals surface area (Å²) >= 11 is 0. The Balaban J connectivity index is 4.69. The molecule has 0 aliphatic rings. The second-order valence-corrected chi connectivity index (χ2v) is 9.66. The standard InChI is InChI=1S/C13H31NO2Si/c1-6-15-12-13(5,10-11-14)16-17(7-2,8-3)9-4/h6-12,14H2,1-5H3/t13-/m1/s1. The van der Waals surface area contributed by atoms with Crippen molar-refractivity contribution in [3.8, 4) is 0 Å². The van der Waals surface area contributed by atoms with Crippen LogP contribution in [0.25, 0.3) is 0 Å². The van der Waals surface area contributed by atoms with E-state index in [1.807, 2.05) is 6.92 Å². The van der Waals surface area contributed by atoms with E-state index < -0.39 is 8.32 Å². The maximum Gasteiger partial charge on any atom is 0.192 e. The summed E-state index contributed by atoms with van der Waals surface area (Å²) < 4.78 is 12.1. The fraction of sp³-hybridized carbons (Fsp3) is 1.00. The zero-order valence-corrected chi connectivity index (χ0v) is 13.3. The molecule has 0 amide bonds. The van der Waals surface area contributed by atoms with Crippen LogP contribution < -0.4 is 5.73 Å². The Kier molecular flexibility index (Phi) is 8.29. The van der Waals surface area contributed by atoms with Crippen molar-refractivity contribution in [1.82, 2.24) is 0 Å². The van der Waals surface area contributed by atoms with E-state index in [9.17, 15) is 0 Å². The number of hydrogen-bond acceptors (Lipinski definition) is 3. The van der Waals surface area contributed by atoms with Crippen LogP contribution >= 0.6 is 0 Å². The lowest BCUT2D eigenvalue weighted by atomic mass is 10.0. The van der Waals surface area contributed by atoms with Crippen molar-refractivity contribution in [3.05, 3.63) is 0 Å². The van der Waals surface area contributed by atoms with Crippen LogP contribution in [-0.4, -0.2) is 33.7 Å². The number of nitrogens with two attached hydrogens (primary N) is 1. The Bertz CT molecular complexity index is 190. The third kappa shape index (κ3) is 5.51. The van der Waals surface area contributed by atoms with Crippen molar-refractivity contribution in [1.29, 1.82) is 0 Å². The lowest BCUT2D eigenvalue weighted by Gasteiger charge is -2.40. The lowest BCUT2D eigenvalue weighted by Crippen LogP contribution is -2.49. The molecule has 0 heterocycles. The molecule has 1 atom stereocenters. The largest absolute Gasteiger partial charge is 0.409 e. The summed E-state index contributed by atoms with van der Waals surface area (Å²) in [4.78, 5) is 0. The molecule has 0 aromatic carbocycles. The molecule has 0 spiro atoms. The zero-order chi connectivity index (χ0) is 13.4. The van der Waals surface area contributed by atoms with Crippen molar-refractivity contribution in [2.75, 3.05) is 19.8 Å². The molecular weight excluding hydrogens is 230 g/mol. The Morgan fingerprint density at radius 1 is 1.06 bits per heavy atom. The minimum absolute atomic E-state index is 0.195. The molecule has 104 valence electrons. The van der Waals surface area contributed by atoms with Gasteiger partial charge in [0.05, 0.1) is 12.2 Å². The van der Waals surface area contributed by atoms with Crippen LogP contribution in [0, 0.1) is 0 Å². The molecule has 0 aromatic rings. The number of hydrogen-bond donors (Lipinski definition) is 1. The fourth-order valence-electron chi connectivity index (χ4n) is 2.27. The van der Waals surface area contributed by atoms with Crippen molar-refractivity contribution in [3.63, 3.8) is 0 Å². The summed E-state index contributed by atoms with van der Waals surface area (Å²) in [5, 5.41) is 0. The van der Waals surface area contributed by atoms with E-state index in [2.05, 4.69) is 27.7 Å². The average molecular weight is 261 g/mol. The van der Waals surface area contributed by atoms with Crippen molar-refractivity contribution >= 4 is 8.32 Å². The predicted octanol–water partition coefficient (Wildman–Crippen LogP) is 3.15. The Hall–Kier alpha value is 0.0969.